The molecule has 0 amide bonds. The Bertz CT molecular complexity index is 632. The topological polar surface area (TPSA) is 128 Å². The Morgan fingerprint density at radius 3 is 2.12 bits per heavy atom. The van der Waals surface area contributed by atoms with Crippen molar-refractivity contribution in [2.75, 3.05) is 26.4 Å². The Kier molecular flexibility index (Phi) is 20.3. The summed E-state index contributed by atoms with van der Waals surface area (Å²) in [6.07, 6.45) is 22.5. The van der Waals surface area contributed by atoms with Gasteiger partial charge in [0.15, 0.2) is 0 Å². The fourth-order valence-electron chi connectivity index (χ4n) is 2.38. The van der Waals surface area contributed by atoms with Gasteiger partial charge in [-0.1, -0.05) is 55.5 Å². The largest absolute Gasteiger partial charge is 0.472 e. The van der Waals surface area contributed by atoms with E-state index in [9.17, 15) is 19.4 Å². The van der Waals surface area contributed by atoms with Crippen molar-refractivity contribution in [2.45, 2.75) is 64.4 Å². The number of phosphoric acid groups is 1. The van der Waals surface area contributed by atoms with Gasteiger partial charge in [0.2, 0.25) is 0 Å². The van der Waals surface area contributed by atoms with E-state index < -0.39 is 33.1 Å². The summed E-state index contributed by atoms with van der Waals surface area (Å²) in [6, 6.07) is 0. The van der Waals surface area contributed by atoms with Crippen molar-refractivity contribution in [1.29, 1.82) is 0 Å². The zero-order valence-corrected chi connectivity index (χ0v) is 20.0. The van der Waals surface area contributed by atoms with E-state index in [1.807, 2.05) is 0 Å². The maximum absolute atomic E-state index is 11.8. The lowest BCUT2D eigenvalue weighted by Crippen LogP contribution is -2.27. The molecule has 8 nitrogen and oxygen atoms in total. The highest BCUT2D eigenvalue weighted by Crippen LogP contribution is 2.42. The molecule has 0 bridgehead atoms. The molecule has 0 heterocycles. The highest BCUT2D eigenvalue weighted by Gasteiger charge is 2.24. The summed E-state index contributed by atoms with van der Waals surface area (Å²) in [4.78, 5) is 21.2. The molecule has 0 aromatic rings. The summed E-state index contributed by atoms with van der Waals surface area (Å²) < 4.78 is 25.8. The Morgan fingerprint density at radius 1 is 0.969 bits per heavy atom. The number of esters is 1. The van der Waals surface area contributed by atoms with Crippen LogP contribution in [-0.4, -0.2) is 48.4 Å². The van der Waals surface area contributed by atoms with Crippen LogP contribution in [0.5, 0.6) is 0 Å². The highest BCUT2D eigenvalue weighted by atomic mass is 31.2. The summed E-state index contributed by atoms with van der Waals surface area (Å²) in [5.41, 5.74) is 5.18. The summed E-state index contributed by atoms with van der Waals surface area (Å²) in [7, 11) is -4.27. The maximum Gasteiger partial charge on any atom is 0.472 e. The average Bonchev–Trinajstić information content (AvgIpc) is 2.77. The minimum Gasteiger partial charge on any atom is -0.457 e. The van der Waals surface area contributed by atoms with Crippen LogP contribution in [0.3, 0.4) is 0 Å². The van der Waals surface area contributed by atoms with Crippen LogP contribution in [0, 0.1) is 0 Å². The number of hydrogen-bond acceptors (Lipinski definition) is 7. The first kappa shape index (κ1) is 30.5. The lowest BCUT2D eigenvalue weighted by Gasteiger charge is -2.17. The molecule has 4 N–H and O–H groups in total. The van der Waals surface area contributed by atoms with E-state index in [-0.39, 0.29) is 19.6 Å². The Labute approximate surface area is 192 Å². The Balaban J connectivity index is 3.83. The fraction of sp³-hybridized carbons (Fsp3) is 0.609. The Morgan fingerprint density at radius 2 is 1.56 bits per heavy atom. The first-order chi connectivity index (χ1) is 15.4. The second-order valence-corrected chi connectivity index (χ2v) is 8.38. The predicted molar refractivity (Wildman–Crippen MR) is 127 cm³/mol. The van der Waals surface area contributed by atoms with E-state index in [0.717, 1.165) is 38.5 Å². The van der Waals surface area contributed by atoms with E-state index in [2.05, 4.69) is 60.1 Å². The van der Waals surface area contributed by atoms with Crippen molar-refractivity contribution >= 4 is 13.8 Å². The summed E-state index contributed by atoms with van der Waals surface area (Å²) in [5, 5.41) is 9.24. The summed E-state index contributed by atoms with van der Waals surface area (Å²) >= 11 is 0. The molecule has 9 heteroatoms. The van der Waals surface area contributed by atoms with Crippen molar-refractivity contribution in [3.63, 3.8) is 0 Å². The third-order valence-corrected chi connectivity index (χ3v) is 5.00. The van der Waals surface area contributed by atoms with Crippen LogP contribution in [0.1, 0.15) is 58.3 Å². The fourth-order valence-corrected chi connectivity index (χ4v) is 3.15. The summed E-state index contributed by atoms with van der Waals surface area (Å²) in [6.45, 7) is 1.08. The maximum atomic E-state index is 11.8. The molecule has 0 saturated heterocycles. The van der Waals surface area contributed by atoms with Crippen molar-refractivity contribution in [2.24, 2.45) is 5.73 Å². The molecule has 2 atom stereocenters. The number of unbranched alkanes of at least 4 members (excludes halogenated alkanes) is 2. The zero-order valence-electron chi connectivity index (χ0n) is 19.1. The first-order valence-electron chi connectivity index (χ1n) is 11.2. The van der Waals surface area contributed by atoms with E-state index in [4.69, 9.17) is 15.0 Å². The molecule has 0 fully saturated rings. The molecule has 0 radical (unpaired) electrons. The van der Waals surface area contributed by atoms with Gasteiger partial charge in [-0.15, -0.1) is 0 Å². The average molecular weight is 474 g/mol. The second-order valence-electron chi connectivity index (χ2n) is 6.93. The molecule has 0 saturated carbocycles. The summed E-state index contributed by atoms with van der Waals surface area (Å²) in [5.74, 6) is -0.492. The number of allylic oxidation sites excluding steroid dienone is 8. The normalized spacial score (nSPS) is 15.2. The van der Waals surface area contributed by atoms with Crippen molar-refractivity contribution in [3.8, 4) is 0 Å². The van der Waals surface area contributed by atoms with Crippen LogP contribution in [0.4, 0.5) is 0 Å². The van der Waals surface area contributed by atoms with E-state index >= 15 is 0 Å². The SMILES string of the molecule is CC/C=C\C/C=C\C/C=C\C/C=C\CCCCC(=O)O[C@H](CO)COP(=O)(O)OCCN. The van der Waals surface area contributed by atoms with E-state index in [1.165, 1.54) is 0 Å². The van der Waals surface area contributed by atoms with Crippen LogP contribution in [0.25, 0.3) is 0 Å². The molecule has 0 spiro atoms. The molecule has 32 heavy (non-hydrogen) atoms. The molecule has 0 aliphatic rings. The minimum absolute atomic E-state index is 0.0627. The monoisotopic (exact) mass is 473 g/mol. The number of carbonyl (C=O) groups excluding carboxylic acids is 1. The number of aliphatic hydroxyl groups is 1. The van der Waals surface area contributed by atoms with Crippen LogP contribution in [-0.2, 0) is 23.1 Å². The number of phosphoric ester groups is 1. The van der Waals surface area contributed by atoms with Gasteiger partial charge >= 0.3 is 13.8 Å². The van der Waals surface area contributed by atoms with Gasteiger partial charge in [0, 0.05) is 13.0 Å². The van der Waals surface area contributed by atoms with Gasteiger partial charge < -0.3 is 20.5 Å². The standard InChI is InChI=1S/C23H40NO7P/c1-2-3-4-5-6-7-8-9-10-11-12-13-14-15-16-17-23(26)31-22(20-25)21-30-32(27,28)29-19-18-24/h3-4,6-7,9-10,12-13,22,25H,2,5,8,11,14-21,24H2,1H3,(H,27,28)/b4-3-,7-6-,10-9-,13-12-/t22-/m1/s1. The quantitative estimate of drug-likeness (QED) is 0.103. The number of hydrogen-bond donors (Lipinski definition) is 3. The second kappa shape index (κ2) is 21.3. The molecule has 0 aliphatic heterocycles. The number of ether oxygens (including phenoxy) is 1. The highest BCUT2D eigenvalue weighted by molar-refractivity contribution is 7.47. The van der Waals surface area contributed by atoms with Crippen molar-refractivity contribution < 1.29 is 33.1 Å². The molecule has 184 valence electrons. The van der Waals surface area contributed by atoms with Gasteiger partial charge in [-0.2, -0.15) is 0 Å². The third-order valence-electron chi connectivity index (χ3n) is 4.02. The number of rotatable bonds is 20. The Hall–Kier alpha value is -1.54. The van der Waals surface area contributed by atoms with Crippen LogP contribution < -0.4 is 5.73 Å². The van der Waals surface area contributed by atoms with E-state index in [1.54, 1.807) is 0 Å². The van der Waals surface area contributed by atoms with Gasteiger partial charge in [0.05, 0.1) is 19.8 Å². The lowest BCUT2D eigenvalue weighted by molar-refractivity contribution is -0.153. The van der Waals surface area contributed by atoms with Crippen LogP contribution >= 0.6 is 7.82 Å². The van der Waals surface area contributed by atoms with Crippen LogP contribution in [0.2, 0.25) is 0 Å². The van der Waals surface area contributed by atoms with Crippen molar-refractivity contribution in [1.82, 2.24) is 0 Å². The van der Waals surface area contributed by atoms with Crippen LogP contribution in [0.15, 0.2) is 48.6 Å². The molecular weight excluding hydrogens is 433 g/mol. The van der Waals surface area contributed by atoms with Crippen molar-refractivity contribution in [3.05, 3.63) is 48.6 Å². The van der Waals surface area contributed by atoms with E-state index in [0.29, 0.717) is 6.42 Å². The molecule has 0 aromatic carbocycles. The van der Waals surface area contributed by atoms with Gasteiger partial charge in [0.1, 0.15) is 6.10 Å². The molecule has 0 rings (SSSR count). The zero-order chi connectivity index (χ0) is 23.9. The molecule has 1 unspecified atom stereocenters. The number of carbonyl (C=O) groups is 1. The van der Waals surface area contributed by atoms with Gasteiger partial charge in [-0.25, -0.2) is 4.57 Å². The minimum atomic E-state index is -4.27. The smallest absolute Gasteiger partial charge is 0.457 e. The van der Waals surface area contributed by atoms with Gasteiger partial charge in [-0.05, 0) is 44.9 Å². The number of aliphatic hydroxyl groups excluding tert-OH is 1. The molecule has 0 aromatic heterocycles. The predicted octanol–water partition coefficient (Wildman–Crippen LogP) is 4.35. The number of nitrogens with two attached hydrogens (primary N) is 1. The van der Waals surface area contributed by atoms with Gasteiger partial charge in [-0.3, -0.25) is 13.8 Å². The lowest BCUT2D eigenvalue weighted by atomic mass is 10.2. The third kappa shape index (κ3) is 20.4. The molecular formula is C23H40NO7P. The first-order valence-corrected chi connectivity index (χ1v) is 12.7. The van der Waals surface area contributed by atoms with Gasteiger partial charge in [0.25, 0.3) is 0 Å². The molecule has 0 aliphatic carbocycles.